The van der Waals surface area contributed by atoms with Crippen molar-refractivity contribution in [2.45, 2.75) is 32.9 Å². The van der Waals surface area contributed by atoms with E-state index in [1.165, 1.54) is 21.1 Å². The number of carboxylic acids is 1. The minimum atomic E-state index is -1.02. The number of rotatable bonds is 4. The van der Waals surface area contributed by atoms with E-state index < -0.39 is 11.5 Å². The quantitative estimate of drug-likeness (QED) is 0.916. The molecule has 0 aliphatic rings. The summed E-state index contributed by atoms with van der Waals surface area (Å²) < 4.78 is 0. The van der Waals surface area contributed by atoms with E-state index in [1.807, 2.05) is 26.2 Å². The fraction of sp³-hybridized carbons (Fsp3) is 0.583. The molecule has 1 rings (SSSR count). The van der Waals surface area contributed by atoms with Crippen LogP contribution in [0.2, 0.25) is 0 Å². The van der Waals surface area contributed by atoms with E-state index in [0.717, 1.165) is 5.69 Å². The Morgan fingerprint density at radius 3 is 2.47 bits per heavy atom. The van der Waals surface area contributed by atoms with Crippen molar-refractivity contribution in [3.63, 3.8) is 0 Å². The summed E-state index contributed by atoms with van der Waals surface area (Å²) >= 11 is 1.46. The van der Waals surface area contributed by atoms with E-state index in [-0.39, 0.29) is 12.6 Å². The topological polar surface area (TPSA) is 73.7 Å². The van der Waals surface area contributed by atoms with Gasteiger partial charge < -0.3 is 14.9 Å². The number of carbonyl (C=O) groups is 2. The monoisotopic (exact) mass is 285 g/mol. The van der Waals surface area contributed by atoms with Gasteiger partial charge in [0.25, 0.3) is 0 Å². The van der Waals surface area contributed by atoms with Gasteiger partial charge in [-0.1, -0.05) is 0 Å². The Balaban J connectivity index is 2.78. The number of hydrogen-bond donors (Lipinski definition) is 1. The highest BCUT2D eigenvalue weighted by atomic mass is 32.1. The van der Waals surface area contributed by atoms with E-state index >= 15 is 0 Å². The highest BCUT2D eigenvalue weighted by molar-refractivity contribution is 7.07. The number of carboxylic acid groups (broad SMARTS) is 1. The first kappa shape index (κ1) is 15.4. The second kappa shape index (κ2) is 6.01. The second-order valence-electron chi connectivity index (χ2n) is 5.27. The first-order valence-electron chi connectivity index (χ1n) is 5.83. The number of hydrogen-bond acceptors (Lipinski definition) is 4. The molecule has 106 valence electrons. The SMILES string of the molecule is CN(Cc1cscn1)C(=O)N(CC(=O)O)C(C)(C)C. The minimum Gasteiger partial charge on any atom is -0.480 e. The van der Waals surface area contributed by atoms with Crippen LogP contribution in [0, 0.1) is 0 Å². The lowest BCUT2D eigenvalue weighted by atomic mass is 10.1. The number of amides is 2. The molecule has 0 aliphatic heterocycles. The van der Waals surface area contributed by atoms with Gasteiger partial charge in [-0.15, -0.1) is 11.3 Å². The molecule has 0 unspecified atom stereocenters. The van der Waals surface area contributed by atoms with Crippen LogP contribution in [0.4, 0.5) is 4.79 Å². The molecule has 19 heavy (non-hydrogen) atoms. The van der Waals surface area contributed by atoms with Crippen molar-refractivity contribution < 1.29 is 14.7 Å². The fourth-order valence-electron chi connectivity index (χ4n) is 1.56. The number of thiazole rings is 1. The van der Waals surface area contributed by atoms with Crippen molar-refractivity contribution in [1.29, 1.82) is 0 Å². The van der Waals surface area contributed by atoms with Crippen molar-refractivity contribution >= 4 is 23.3 Å². The van der Waals surface area contributed by atoms with Crippen molar-refractivity contribution in [3.05, 3.63) is 16.6 Å². The van der Waals surface area contributed by atoms with Crippen LogP contribution in [-0.4, -0.2) is 51.0 Å². The number of aliphatic carboxylic acids is 1. The maximum atomic E-state index is 12.3. The third-order valence-corrected chi connectivity index (χ3v) is 3.18. The van der Waals surface area contributed by atoms with Crippen LogP contribution in [-0.2, 0) is 11.3 Å². The standard InChI is InChI=1S/C12H19N3O3S/c1-12(2,3)15(6-10(16)17)11(18)14(4)5-9-7-19-8-13-9/h7-8H,5-6H2,1-4H3,(H,16,17). The number of aromatic nitrogens is 1. The lowest BCUT2D eigenvalue weighted by Gasteiger charge is -2.37. The molecule has 0 aromatic carbocycles. The lowest BCUT2D eigenvalue weighted by Crippen LogP contribution is -2.52. The molecule has 1 N–H and O–H groups in total. The zero-order valence-electron chi connectivity index (χ0n) is 11.6. The molecule has 0 spiro atoms. The predicted octanol–water partition coefficient (Wildman–Crippen LogP) is 1.88. The van der Waals surface area contributed by atoms with Gasteiger partial charge in [-0.25, -0.2) is 9.78 Å². The Hall–Kier alpha value is -1.63. The van der Waals surface area contributed by atoms with Crippen molar-refractivity contribution in [1.82, 2.24) is 14.8 Å². The first-order chi connectivity index (χ1) is 8.71. The van der Waals surface area contributed by atoms with E-state index in [4.69, 9.17) is 5.11 Å². The maximum absolute atomic E-state index is 12.3. The number of nitrogens with zero attached hydrogens (tertiary/aromatic N) is 3. The zero-order chi connectivity index (χ0) is 14.6. The van der Waals surface area contributed by atoms with Crippen molar-refractivity contribution in [2.75, 3.05) is 13.6 Å². The van der Waals surface area contributed by atoms with Gasteiger partial charge in [-0.3, -0.25) is 4.79 Å². The van der Waals surface area contributed by atoms with Crippen LogP contribution >= 0.6 is 11.3 Å². The van der Waals surface area contributed by atoms with Crippen LogP contribution in [0.15, 0.2) is 10.9 Å². The largest absolute Gasteiger partial charge is 0.480 e. The molecular weight excluding hydrogens is 266 g/mol. The molecule has 0 saturated carbocycles. The molecule has 1 heterocycles. The summed E-state index contributed by atoms with van der Waals surface area (Å²) in [6.07, 6.45) is 0. The van der Waals surface area contributed by atoms with Crippen molar-refractivity contribution in [2.24, 2.45) is 0 Å². The molecule has 1 aromatic heterocycles. The number of carbonyl (C=O) groups excluding carboxylic acids is 1. The average Bonchev–Trinajstić information content (AvgIpc) is 2.75. The summed E-state index contributed by atoms with van der Waals surface area (Å²) in [6, 6.07) is -0.317. The third-order valence-electron chi connectivity index (χ3n) is 2.54. The zero-order valence-corrected chi connectivity index (χ0v) is 12.4. The van der Waals surface area contributed by atoms with Gasteiger partial charge in [0.05, 0.1) is 17.7 Å². The molecule has 0 atom stereocenters. The van der Waals surface area contributed by atoms with Crippen LogP contribution in [0.1, 0.15) is 26.5 Å². The van der Waals surface area contributed by atoms with Gasteiger partial charge in [0, 0.05) is 18.0 Å². The fourth-order valence-corrected chi connectivity index (χ4v) is 2.11. The van der Waals surface area contributed by atoms with Crippen LogP contribution in [0.5, 0.6) is 0 Å². The Morgan fingerprint density at radius 1 is 1.42 bits per heavy atom. The van der Waals surface area contributed by atoms with Gasteiger partial charge in [0.15, 0.2) is 0 Å². The molecule has 0 bridgehead atoms. The first-order valence-corrected chi connectivity index (χ1v) is 6.77. The van der Waals surface area contributed by atoms with Crippen LogP contribution in [0.25, 0.3) is 0 Å². The van der Waals surface area contributed by atoms with E-state index in [0.29, 0.717) is 6.54 Å². The molecule has 0 aliphatic carbocycles. The maximum Gasteiger partial charge on any atom is 0.323 e. The Labute approximate surface area is 116 Å². The molecular formula is C12H19N3O3S. The van der Waals surface area contributed by atoms with E-state index in [1.54, 1.807) is 12.6 Å². The summed E-state index contributed by atoms with van der Waals surface area (Å²) in [4.78, 5) is 30.1. The minimum absolute atomic E-state index is 0.316. The summed E-state index contributed by atoms with van der Waals surface area (Å²) in [5.74, 6) is -1.02. The number of urea groups is 1. The highest BCUT2D eigenvalue weighted by Gasteiger charge is 2.30. The second-order valence-corrected chi connectivity index (χ2v) is 5.99. The molecule has 0 radical (unpaired) electrons. The summed E-state index contributed by atoms with van der Waals surface area (Å²) in [5.41, 5.74) is 1.95. The third kappa shape index (κ3) is 4.51. The van der Waals surface area contributed by atoms with Gasteiger partial charge in [0.2, 0.25) is 0 Å². The molecule has 6 nitrogen and oxygen atoms in total. The van der Waals surface area contributed by atoms with Crippen LogP contribution in [0.3, 0.4) is 0 Å². The van der Waals surface area contributed by atoms with Crippen LogP contribution < -0.4 is 0 Å². The Bertz CT molecular complexity index is 440. The van der Waals surface area contributed by atoms with Gasteiger partial charge in [0.1, 0.15) is 6.54 Å². The highest BCUT2D eigenvalue weighted by Crippen LogP contribution is 2.16. The normalized spacial score (nSPS) is 11.2. The summed E-state index contributed by atoms with van der Waals surface area (Å²) in [5, 5.41) is 10.8. The molecule has 7 heteroatoms. The molecule has 2 amide bonds. The predicted molar refractivity (Wildman–Crippen MR) is 73.1 cm³/mol. The molecule has 1 aromatic rings. The smallest absolute Gasteiger partial charge is 0.323 e. The van der Waals surface area contributed by atoms with Crippen molar-refractivity contribution in [3.8, 4) is 0 Å². The Morgan fingerprint density at radius 2 is 2.05 bits per heavy atom. The Kier molecular flexibility index (Phi) is 4.88. The molecule has 0 fully saturated rings. The van der Waals surface area contributed by atoms with E-state index in [2.05, 4.69) is 4.98 Å². The summed E-state index contributed by atoms with van der Waals surface area (Å²) in [6.45, 7) is 5.48. The van der Waals surface area contributed by atoms with Gasteiger partial charge in [-0.2, -0.15) is 0 Å². The molecule has 0 saturated heterocycles. The van der Waals surface area contributed by atoms with Gasteiger partial charge >= 0.3 is 12.0 Å². The van der Waals surface area contributed by atoms with E-state index in [9.17, 15) is 9.59 Å². The average molecular weight is 285 g/mol. The lowest BCUT2D eigenvalue weighted by molar-refractivity contribution is -0.138. The van der Waals surface area contributed by atoms with Gasteiger partial charge in [-0.05, 0) is 20.8 Å². The summed E-state index contributed by atoms with van der Waals surface area (Å²) in [7, 11) is 1.64.